The maximum absolute atomic E-state index is 13.2. The lowest BCUT2D eigenvalue weighted by Crippen LogP contribution is -2.26. The van der Waals surface area contributed by atoms with E-state index in [1.165, 1.54) is 54.6 Å². The SMILES string of the molecule is O=S(=O)(O)c1cc(N=c2[nH]c(Cl)nc(=Nc3ccc(/C=C/c4c(N=c5nc(Cl)[nH]c(=Nc6cc(S(=O)(=O)O)cc7cc(S(=O)(=O)O)c(N=Nc8ccc9ccccc9c8S(=O)(=O)O)c(O)c67)[nH]5)cccc4S(=O)(=O)O)c(S(=O)(=O)O)c3)[nH]2)c2c(O)c(N=Nc3ccc4ccccc4c3S(=O)(=O)O)c(S(=O)(=O)O)cc2c1. The molecule has 0 amide bonds. The van der Waals surface area contributed by atoms with E-state index in [1.54, 1.807) is 6.07 Å². The Hall–Kier alpha value is -11.1. The van der Waals surface area contributed by atoms with Crippen LogP contribution in [0.5, 0.6) is 11.5 Å². The Labute approximate surface area is 625 Å². The van der Waals surface area contributed by atoms with Crippen LogP contribution < -0.4 is 22.5 Å². The molecule has 0 fully saturated rings. The molecule has 12 rings (SSSR count). The summed E-state index contributed by atoms with van der Waals surface area (Å²) < 4.78 is 288. The molecule has 568 valence electrons. The van der Waals surface area contributed by atoms with Crippen LogP contribution in [0, 0.1) is 0 Å². The van der Waals surface area contributed by atoms with Crippen molar-refractivity contribution < 1.29 is 114 Å². The van der Waals surface area contributed by atoms with Crippen molar-refractivity contribution in [3.05, 3.63) is 190 Å². The maximum Gasteiger partial charge on any atom is 0.297 e. The Balaban J connectivity index is 0.949. The van der Waals surface area contributed by atoms with Gasteiger partial charge in [-0.3, -0.25) is 46.4 Å². The van der Waals surface area contributed by atoms with Crippen molar-refractivity contribution in [2.45, 2.75) is 39.2 Å². The number of phenolic OH excluding ortho intramolecular Hbond substituents is 2. The quantitative estimate of drug-likeness (QED) is 0.0216. The van der Waals surface area contributed by atoms with Crippen molar-refractivity contribution in [2.75, 3.05) is 0 Å². The summed E-state index contributed by atoms with van der Waals surface area (Å²) in [7, 11) is -42.5. The first-order valence-corrected chi connectivity index (χ1v) is 41.7. The van der Waals surface area contributed by atoms with E-state index in [0.29, 0.717) is 36.4 Å². The summed E-state index contributed by atoms with van der Waals surface area (Å²) in [5.41, 5.74) is -9.25. The highest BCUT2D eigenvalue weighted by molar-refractivity contribution is 7.88. The molecule has 0 aliphatic carbocycles. The molecule has 2 aromatic heterocycles. The van der Waals surface area contributed by atoms with E-state index in [9.17, 15) is 114 Å². The van der Waals surface area contributed by atoms with Crippen molar-refractivity contribution in [3.63, 3.8) is 0 Å². The number of rotatable bonds is 18. The van der Waals surface area contributed by atoms with E-state index in [1.807, 2.05) is 0 Å². The maximum atomic E-state index is 13.2. The smallest absolute Gasteiger partial charge is 0.297 e. The van der Waals surface area contributed by atoms with Gasteiger partial charge in [0.1, 0.15) is 52.1 Å². The van der Waals surface area contributed by atoms with E-state index >= 15 is 0 Å². The van der Waals surface area contributed by atoms with Gasteiger partial charge in [0.25, 0.3) is 80.9 Å². The highest BCUT2D eigenvalue weighted by Gasteiger charge is 2.30. The zero-order valence-electron chi connectivity index (χ0n) is 53.5. The number of phenols is 2. The molecule has 14 N–H and O–H groups in total. The fourth-order valence-electron chi connectivity index (χ4n) is 10.9. The van der Waals surface area contributed by atoms with Crippen molar-refractivity contribution in [1.82, 2.24) is 29.9 Å². The summed E-state index contributed by atoms with van der Waals surface area (Å²) in [6, 6.07) is 25.8. The summed E-state index contributed by atoms with van der Waals surface area (Å²) in [6.07, 6.45) is 1.78. The highest BCUT2D eigenvalue weighted by atomic mass is 35.5. The Bertz CT molecular complexity index is 7490. The number of hydrogen-bond donors (Lipinski definition) is 14. The molecule has 110 heavy (non-hydrogen) atoms. The molecule has 0 atom stereocenters. The van der Waals surface area contributed by atoms with Gasteiger partial charge < -0.3 is 20.2 Å². The molecule has 0 aliphatic rings. The zero-order valence-corrected chi connectivity index (χ0v) is 61.6. The predicted octanol–water partition coefficient (Wildman–Crippen LogP) is 9.02. The van der Waals surface area contributed by atoms with E-state index in [0.717, 1.165) is 60.7 Å². The number of aromatic hydroxyl groups is 2. The number of azo groups is 2. The van der Waals surface area contributed by atoms with Crippen LogP contribution in [0.1, 0.15) is 11.1 Å². The van der Waals surface area contributed by atoms with E-state index < -0.39 is 243 Å². The van der Waals surface area contributed by atoms with Gasteiger partial charge in [0, 0.05) is 16.3 Å². The van der Waals surface area contributed by atoms with Gasteiger partial charge in [0.15, 0.2) is 11.5 Å². The first kappa shape index (κ1) is 78.4. The number of nitrogens with one attached hydrogen (secondary N) is 4. The zero-order chi connectivity index (χ0) is 79.9. The van der Waals surface area contributed by atoms with Gasteiger partial charge in [-0.15, -0.1) is 20.5 Å². The molecule has 40 nitrogen and oxygen atoms in total. The molecule has 0 bridgehead atoms. The van der Waals surface area contributed by atoms with Crippen LogP contribution in [0.3, 0.4) is 0 Å². The molecule has 0 spiro atoms. The van der Waals surface area contributed by atoms with Crippen LogP contribution >= 0.6 is 23.2 Å². The second kappa shape index (κ2) is 28.7. The standard InChI is InChI=1S/C60H40Cl2N14O26S8/c61-55-67-57(71-59(69-55)65-41-25-33(103(79,80)81)20-30-22-45(107(91,92)93)49(51(77)47(30)41)75-73-39-18-14-27-6-1-3-8-35(27)53(39)109(97,98)99)63-32-16-12-29(44(24-32)106(88,89)90)13-17-37-38(10-5-11-43(37)105(85,86)87)64-58-68-56(62)70-60(72-58)66-42-26-34(104(82,83)84)21-31-23-46(108(94,95)96)50(52(78)48(31)42)76-74-40-19-15-28-7-2-4-9-36(28)54(40)110(100,101)102/h1-26,77-78H,(H,79,80,81)(H,82,83,84)(H,85,86,87)(H,88,89,90)(H,91,92,93)(H,94,95,96)(H,97,98,99)(H,100,101,102)(H2,63,65,67,69,71)(H2,64,66,68,70,72)/b17-13+,75-73?,76-74?. The number of fused-ring (bicyclic) bond motifs is 4. The lowest BCUT2D eigenvalue weighted by molar-refractivity contribution is 0.471. The molecule has 10 aromatic carbocycles. The largest absolute Gasteiger partial charge is 0.505 e. The number of aromatic nitrogens is 6. The van der Waals surface area contributed by atoms with E-state index in [4.69, 9.17) is 23.2 Å². The number of halogens is 2. The highest BCUT2D eigenvalue weighted by Crippen LogP contribution is 2.49. The third-order valence-corrected chi connectivity index (χ3v) is 22.8. The third-order valence-electron chi connectivity index (χ3n) is 15.4. The monoisotopic (exact) mass is 1700 g/mol. The van der Waals surface area contributed by atoms with Gasteiger partial charge in [-0.1, -0.05) is 84.9 Å². The summed E-state index contributed by atoms with van der Waals surface area (Å²) in [6.45, 7) is 0. The van der Waals surface area contributed by atoms with E-state index in [-0.39, 0.29) is 21.5 Å². The van der Waals surface area contributed by atoms with E-state index in [2.05, 4.69) is 70.3 Å². The van der Waals surface area contributed by atoms with Crippen LogP contribution in [0.4, 0.5) is 45.5 Å². The van der Waals surface area contributed by atoms with Gasteiger partial charge in [-0.05, 0) is 123 Å². The van der Waals surface area contributed by atoms with Crippen molar-refractivity contribution in [3.8, 4) is 11.5 Å². The topological polar surface area (TPSA) is 663 Å². The minimum Gasteiger partial charge on any atom is -0.505 e. The lowest BCUT2D eigenvalue weighted by atomic mass is 10.1. The molecule has 50 heteroatoms. The molecule has 12 aromatic rings. The number of aromatic amines is 4. The van der Waals surface area contributed by atoms with Gasteiger partial charge in [0.2, 0.25) is 33.0 Å². The molecular formula is C60H40Cl2N14O26S8. The van der Waals surface area contributed by atoms with Crippen LogP contribution in [0.2, 0.25) is 10.6 Å². The second-order valence-electron chi connectivity index (χ2n) is 22.5. The minimum atomic E-state index is -5.51. The first-order valence-electron chi connectivity index (χ1n) is 29.4. The fourth-order valence-corrected chi connectivity index (χ4v) is 16.7. The molecule has 0 unspecified atom stereocenters. The Morgan fingerprint density at radius 2 is 0.773 bits per heavy atom. The van der Waals surface area contributed by atoms with Crippen molar-refractivity contribution >= 4 is 205 Å². The molecule has 2 heterocycles. The summed E-state index contributed by atoms with van der Waals surface area (Å²) in [4.78, 5) is 26.7. The lowest BCUT2D eigenvalue weighted by Gasteiger charge is -2.12. The third kappa shape index (κ3) is 16.7. The van der Waals surface area contributed by atoms with Crippen LogP contribution in [-0.4, -0.2) is 144 Å². The van der Waals surface area contributed by atoms with Crippen LogP contribution in [-0.2, 0) is 80.9 Å². The number of nitrogens with zero attached hydrogens (tertiary/aromatic N) is 10. The number of benzene rings is 10. The molecule has 0 aliphatic heterocycles. The van der Waals surface area contributed by atoms with Gasteiger partial charge in [0.05, 0.1) is 43.3 Å². The summed E-state index contributed by atoms with van der Waals surface area (Å²) in [5.74, 6) is -2.50. The molecular weight excluding hydrogens is 1660 g/mol. The van der Waals surface area contributed by atoms with Gasteiger partial charge in [-0.25, -0.2) is 20.0 Å². The summed E-state index contributed by atoms with van der Waals surface area (Å²) >= 11 is 12.7. The second-order valence-corrected chi connectivity index (χ2v) is 34.4. The number of H-pyrrole nitrogens is 4. The predicted molar refractivity (Wildman–Crippen MR) is 385 cm³/mol. The minimum absolute atomic E-state index is 0.0775. The van der Waals surface area contributed by atoms with Crippen molar-refractivity contribution in [2.24, 2.45) is 40.4 Å². The molecule has 0 saturated heterocycles. The average molecular weight is 1700 g/mol. The molecule has 0 saturated carbocycles. The van der Waals surface area contributed by atoms with Crippen molar-refractivity contribution in [1.29, 1.82) is 0 Å². The van der Waals surface area contributed by atoms with Crippen LogP contribution in [0.25, 0.3) is 55.2 Å². The fraction of sp³-hybridized carbons (Fsp3) is 0. The van der Waals surface area contributed by atoms with Gasteiger partial charge >= 0.3 is 0 Å². The first-order chi connectivity index (χ1) is 51.2. The Morgan fingerprint density at radius 1 is 0.345 bits per heavy atom. The van der Waals surface area contributed by atoms with Crippen LogP contribution in [0.15, 0.2) is 225 Å². The van der Waals surface area contributed by atoms with Gasteiger partial charge in [-0.2, -0.15) is 77.3 Å². The number of hydrogen-bond acceptors (Lipinski definition) is 28. The summed E-state index contributed by atoms with van der Waals surface area (Å²) in [5, 5.41) is 35.5. The normalized spacial score (nSPS) is 13.9. The average Bonchev–Trinajstić information content (AvgIpc) is 0.751. The Morgan fingerprint density at radius 3 is 1.19 bits per heavy atom. The Kier molecular flexibility index (Phi) is 20.5. The molecule has 0 radical (unpaired) electrons.